The predicted molar refractivity (Wildman–Crippen MR) is 124 cm³/mol. The zero-order valence-corrected chi connectivity index (χ0v) is 18.2. The van der Waals surface area contributed by atoms with Gasteiger partial charge in [0.05, 0.1) is 22.8 Å². The van der Waals surface area contributed by atoms with Crippen LogP contribution in [0.5, 0.6) is 0 Å². The molecule has 0 bridgehead atoms. The molecule has 0 unspecified atom stereocenters. The SMILES string of the molecule is Cc1nn(-c2ccccc2)c(C)c1NC(=O)COC(=O)CCCc1c[nH]c2ccccc12. The van der Waals surface area contributed by atoms with Crippen molar-refractivity contribution in [3.8, 4) is 5.69 Å². The number of aromatic nitrogens is 3. The second-order valence-corrected chi connectivity index (χ2v) is 7.72. The maximum absolute atomic E-state index is 12.3. The highest BCUT2D eigenvalue weighted by molar-refractivity contribution is 5.94. The minimum absolute atomic E-state index is 0.261. The van der Waals surface area contributed by atoms with Gasteiger partial charge in [0.15, 0.2) is 6.61 Å². The van der Waals surface area contributed by atoms with E-state index in [4.69, 9.17) is 4.74 Å². The highest BCUT2D eigenvalue weighted by Crippen LogP contribution is 2.23. The maximum atomic E-state index is 12.3. The number of nitrogens with one attached hydrogen (secondary N) is 2. The molecule has 2 aromatic heterocycles. The standard InChI is InChI=1S/C25H26N4O3/c1-17-25(18(2)29(28-17)20-10-4-3-5-11-20)27-23(30)16-32-24(31)14-8-9-19-15-26-22-13-7-6-12-21(19)22/h3-7,10-13,15,26H,8-9,14,16H2,1-2H3,(H,27,30). The van der Waals surface area contributed by atoms with Gasteiger partial charge in [-0.3, -0.25) is 9.59 Å². The molecule has 0 radical (unpaired) electrons. The first kappa shape index (κ1) is 21.4. The number of nitrogens with zero attached hydrogens (tertiary/aromatic N) is 2. The van der Waals surface area contributed by atoms with Crippen molar-refractivity contribution in [2.75, 3.05) is 11.9 Å². The van der Waals surface area contributed by atoms with Crippen molar-refractivity contribution in [2.24, 2.45) is 0 Å². The average Bonchev–Trinajstić information content (AvgIpc) is 3.34. The number of para-hydroxylation sites is 2. The molecule has 4 aromatic rings. The third-order valence-electron chi connectivity index (χ3n) is 5.42. The predicted octanol–water partition coefficient (Wildman–Crippen LogP) is 4.48. The molecule has 2 aromatic carbocycles. The average molecular weight is 431 g/mol. The summed E-state index contributed by atoms with van der Waals surface area (Å²) in [6.07, 6.45) is 3.66. The van der Waals surface area contributed by atoms with E-state index >= 15 is 0 Å². The van der Waals surface area contributed by atoms with Crippen LogP contribution < -0.4 is 5.32 Å². The van der Waals surface area contributed by atoms with Crippen LogP contribution in [-0.2, 0) is 20.7 Å². The Hall–Kier alpha value is -3.87. The van der Waals surface area contributed by atoms with Crippen LogP contribution in [0.4, 0.5) is 5.69 Å². The number of benzene rings is 2. The summed E-state index contributed by atoms with van der Waals surface area (Å²) in [5.41, 5.74) is 5.32. The number of hydrogen-bond donors (Lipinski definition) is 2. The van der Waals surface area contributed by atoms with Gasteiger partial charge in [-0.25, -0.2) is 4.68 Å². The second kappa shape index (κ2) is 9.51. The molecule has 0 saturated carbocycles. The summed E-state index contributed by atoms with van der Waals surface area (Å²) in [7, 11) is 0. The van der Waals surface area contributed by atoms with Gasteiger partial charge >= 0.3 is 5.97 Å². The van der Waals surface area contributed by atoms with Gasteiger partial charge < -0.3 is 15.0 Å². The number of rotatable bonds is 8. The van der Waals surface area contributed by atoms with Crippen molar-refractivity contribution >= 4 is 28.5 Å². The van der Waals surface area contributed by atoms with Crippen molar-refractivity contribution in [1.82, 2.24) is 14.8 Å². The summed E-state index contributed by atoms with van der Waals surface area (Å²) in [6.45, 7) is 3.40. The molecule has 0 saturated heterocycles. The van der Waals surface area contributed by atoms with Gasteiger partial charge in [-0.05, 0) is 50.5 Å². The molecular weight excluding hydrogens is 404 g/mol. The number of ether oxygens (including phenoxy) is 1. The summed E-state index contributed by atoms with van der Waals surface area (Å²) in [5, 5.41) is 8.49. The van der Waals surface area contributed by atoms with Gasteiger partial charge in [0.2, 0.25) is 0 Å². The minimum Gasteiger partial charge on any atom is -0.456 e. The van der Waals surface area contributed by atoms with Crippen molar-refractivity contribution < 1.29 is 14.3 Å². The number of esters is 1. The fraction of sp³-hybridized carbons (Fsp3) is 0.240. The van der Waals surface area contributed by atoms with Crippen molar-refractivity contribution in [1.29, 1.82) is 0 Å². The number of aromatic amines is 1. The summed E-state index contributed by atoms with van der Waals surface area (Å²) >= 11 is 0. The Bertz CT molecular complexity index is 1240. The Kier molecular flexibility index (Phi) is 6.35. The maximum Gasteiger partial charge on any atom is 0.306 e. The fourth-order valence-electron chi connectivity index (χ4n) is 3.80. The molecule has 164 valence electrons. The number of amides is 1. The van der Waals surface area contributed by atoms with E-state index in [2.05, 4.69) is 21.5 Å². The van der Waals surface area contributed by atoms with Crippen LogP contribution in [0.3, 0.4) is 0 Å². The third kappa shape index (κ3) is 4.72. The van der Waals surface area contributed by atoms with Crippen LogP contribution in [0.2, 0.25) is 0 Å². The molecule has 2 N–H and O–H groups in total. The molecule has 0 aliphatic rings. The van der Waals surface area contributed by atoms with E-state index in [9.17, 15) is 9.59 Å². The van der Waals surface area contributed by atoms with Crippen molar-refractivity contribution in [2.45, 2.75) is 33.1 Å². The number of carbonyl (C=O) groups is 2. The van der Waals surface area contributed by atoms with E-state index < -0.39 is 0 Å². The lowest BCUT2D eigenvalue weighted by Gasteiger charge is -2.08. The first-order valence-corrected chi connectivity index (χ1v) is 10.6. The Morgan fingerprint density at radius 3 is 2.62 bits per heavy atom. The minimum atomic E-state index is -0.381. The van der Waals surface area contributed by atoms with Gasteiger partial charge in [0, 0.05) is 23.5 Å². The smallest absolute Gasteiger partial charge is 0.306 e. The van der Waals surface area contributed by atoms with E-state index in [1.807, 2.05) is 68.6 Å². The number of aryl methyl sites for hydroxylation is 2. The molecule has 7 nitrogen and oxygen atoms in total. The van der Waals surface area contributed by atoms with Crippen LogP contribution in [0, 0.1) is 13.8 Å². The molecule has 4 rings (SSSR count). The van der Waals surface area contributed by atoms with E-state index in [0.29, 0.717) is 17.8 Å². The van der Waals surface area contributed by atoms with Crippen LogP contribution in [-0.4, -0.2) is 33.2 Å². The lowest BCUT2D eigenvalue weighted by Crippen LogP contribution is -2.21. The molecule has 32 heavy (non-hydrogen) atoms. The topological polar surface area (TPSA) is 89.0 Å². The number of anilines is 1. The molecule has 2 heterocycles. The Morgan fingerprint density at radius 1 is 1.06 bits per heavy atom. The number of hydrogen-bond acceptors (Lipinski definition) is 4. The normalized spacial score (nSPS) is 10.9. The number of carbonyl (C=O) groups excluding carboxylic acids is 2. The van der Waals surface area contributed by atoms with Gasteiger partial charge in [0.25, 0.3) is 5.91 Å². The molecule has 0 fully saturated rings. The van der Waals surface area contributed by atoms with Gasteiger partial charge in [-0.1, -0.05) is 36.4 Å². The molecule has 1 amide bonds. The van der Waals surface area contributed by atoms with Crippen LogP contribution in [0.25, 0.3) is 16.6 Å². The molecule has 0 spiro atoms. The molecule has 0 aliphatic heterocycles. The van der Waals surface area contributed by atoms with E-state index in [0.717, 1.165) is 23.3 Å². The van der Waals surface area contributed by atoms with Crippen LogP contribution >= 0.6 is 0 Å². The molecule has 0 atom stereocenters. The van der Waals surface area contributed by atoms with Gasteiger partial charge in [0.1, 0.15) is 0 Å². The van der Waals surface area contributed by atoms with Crippen LogP contribution in [0.1, 0.15) is 29.8 Å². The van der Waals surface area contributed by atoms with Gasteiger partial charge in [-0.2, -0.15) is 5.10 Å². The first-order chi connectivity index (χ1) is 15.5. The largest absolute Gasteiger partial charge is 0.456 e. The van der Waals surface area contributed by atoms with Crippen molar-refractivity contribution in [3.63, 3.8) is 0 Å². The zero-order valence-electron chi connectivity index (χ0n) is 18.2. The molecule has 0 aliphatic carbocycles. The quantitative estimate of drug-likeness (QED) is 0.404. The molecule has 7 heteroatoms. The van der Waals surface area contributed by atoms with Crippen molar-refractivity contribution in [3.05, 3.63) is 77.7 Å². The summed E-state index contributed by atoms with van der Waals surface area (Å²) < 4.78 is 6.95. The van der Waals surface area contributed by atoms with E-state index in [1.165, 1.54) is 10.9 Å². The Morgan fingerprint density at radius 2 is 1.81 bits per heavy atom. The third-order valence-corrected chi connectivity index (χ3v) is 5.42. The fourth-order valence-corrected chi connectivity index (χ4v) is 3.80. The summed E-state index contributed by atoms with van der Waals surface area (Å²) in [5.74, 6) is -0.762. The lowest BCUT2D eigenvalue weighted by atomic mass is 10.1. The first-order valence-electron chi connectivity index (χ1n) is 10.6. The van der Waals surface area contributed by atoms with E-state index in [1.54, 1.807) is 4.68 Å². The Balaban J connectivity index is 1.26. The van der Waals surface area contributed by atoms with E-state index in [-0.39, 0.29) is 24.9 Å². The second-order valence-electron chi connectivity index (χ2n) is 7.72. The summed E-state index contributed by atoms with van der Waals surface area (Å²) in [4.78, 5) is 27.7. The lowest BCUT2D eigenvalue weighted by molar-refractivity contribution is -0.147. The molecular formula is C25H26N4O3. The monoisotopic (exact) mass is 430 g/mol. The zero-order chi connectivity index (χ0) is 22.5. The van der Waals surface area contributed by atoms with Crippen LogP contribution in [0.15, 0.2) is 60.8 Å². The number of fused-ring (bicyclic) bond motifs is 1. The highest BCUT2D eigenvalue weighted by Gasteiger charge is 2.16. The van der Waals surface area contributed by atoms with Gasteiger partial charge in [-0.15, -0.1) is 0 Å². The number of H-pyrrole nitrogens is 1. The summed E-state index contributed by atoms with van der Waals surface area (Å²) in [6, 6.07) is 17.8. The Labute approximate surface area is 186 Å². The highest BCUT2D eigenvalue weighted by atomic mass is 16.5.